The summed E-state index contributed by atoms with van der Waals surface area (Å²) >= 11 is 0. The first-order valence-electron chi connectivity index (χ1n) is 8.38. The third-order valence-corrected chi connectivity index (χ3v) is 3.80. The van der Waals surface area contributed by atoms with E-state index in [4.69, 9.17) is 9.47 Å². The predicted octanol–water partition coefficient (Wildman–Crippen LogP) is 3.46. The van der Waals surface area contributed by atoms with Crippen molar-refractivity contribution < 1.29 is 19.1 Å². The van der Waals surface area contributed by atoms with Crippen LogP contribution >= 0.6 is 0 Å². The smallest absolute Gasteiger partial charge is 0.265 e. The molecule has 0 aliphatic carbocycles. The van der Waals surface area contributed by atoms with Crippen molar-refractivity contribution in [1.82, 2.24) is 0 Å². The van der Waals surface area contributed by atoms with Crippen LogP contribution in [0.3, 0.4) is 0 Å². The molecule has 2 N–H and O–H groups in total. The standard InChI is InChI=1S/C20H20N2O4/c1-3-25-16-8-4-14(5-9-16)6-11-19(23)21-15-7-10-18-17(12-15)22-20(24)13(2)26-18/h4-13H,3H2,1-2H3,(H,21,23)(H,22,24)/b11-6+. The summed E-state index contributed by atoms with van der Waals surface area (Å²) in [5.74, 6) is 0.897. The van der Waals surface area contributed by atoms with E-state index in [1.807, 2.05) is 31.2 Å². The van der Waals surface area contributed by atoms with E-state index < -0.39 is 6.10 Å². The molecule has 0 aromatic heterocycles. The topological polar surface area (TPSA) is 76.7 Å². The summed E-state index contributed by atoms with van der Waals surface area (Å²) < 4.78 is 10.9. The number of amides is 2. The van der Waals surface area contributed by atoms with Gasteiger partial charge in [-0.2, -0.15) is 0 Å². The summed E-state index contributed by atoms with van der Waals surface area (Å²) in [4.78, 5) is 23.8. The second kappa shape index (κ2) is 7.74. The SMILES string of the molecule is CCOc1ccc(/C=C/C(=O)Nc2ccc3c(c2)NC(=O)C(C)O3)cc1. The van der Waals surface area contributed by atoms with Crippen LogP contribution in [0.2, 0.25) is 0 Å². The van der Waals surface area contributed by atoms with Gasteiger partial charge in [-0.1, -0.05) is 12.1 Å². The van der Waals surface area contributed by atoms with Gasteiger partial charge in [0.1, 0.15) is 11.5 Å². The lowest BCUT2D eigenvalue weighted by Crippen LogP contribution is -2.34. The first-order chi connectivity index (χ1) is 12.5. The van der Waals surface area contributed by atoms with Gasteiger partial charge in [0.15, 0.2) is 6.10 Å². The van der Waals surface area contributed by atoms with Crippen LogP contribution in [-0.4, -0.2) is 24.5 Å². The lowest BCUT2D eigenvalue weighted by molar-refractivity contribution is -0.122. The first kappa shape index (κ1) is 17.5. The summed E-state index contributed by atoms with van der Waals surface area (Å²) in [7, 11) is 0. The van der Waals surface area contributed by atoms with Crippen molar-refractivity contribution in [2.75, 3.05) is 17.2 Å². The number of anilines is 2. The summed E-state index contributed by atoms with van der Waals surface area (Å²) in [5, 5.41) is 5.51. The summed E-state index contributed by atoms with van der Waals surface area (Å²) in [5.41, 5.74) is 2.01. The minimum absolute atomic E-state index is 0.212. The monoisotopic (exact) mass is 352 g/mol. The molecule has 0 fully saturated rings. The highest BCUT2D eigenvalue weighted by Crippen LogP contribution is 2.32. The summed E-state index contributed by atoms with van der Waals surface area (Å²) in [6.45, 7) is 4.22. The van der Waals surface area contributed by atoms with Gasteiger partial charge >= 0.3 is 0 Å². The molecule has 1 aliphatic rings. The Bertz CT molecular complexity index is 843. The Morgan fingerprint density at radius 3 is 2.77 bits per heavy atom. The van der Waals surface area contributed by atoms with E-state index in [9.17, 15) is 9.59 Å². The maximum atomic E-state index is 12.1. The van der Waals surface area contributed by atoms with Gasteiger partial charge in [0.05, 0.1) is 12.3 Å². The number of hydrogen-bond acceptors (Lipinski definition) is 4. The molecule has 6 heteroatoms. The molecule has 134 valence electrons. The van der Waals surface area contributed by atoms with Crippen molar-refractivity contribution in [2.24, 2.45) is 0 Å². The van der Waals surface area contributed by atoms with Crippen molar-refractivity contribution in [2.45, 2.75) is 20.0 Å². The minimum Gasteiger partial charge on any atom is -0.494 e. The molecule has 26 heavy (non-hydrogen) atoms. The Morgan fingerprint density at radius 2 is 2.04 bits per heavy atom. The minimum atomic E-state index is -0.528. The zero-order valence-corrected chi connectivity index (χ0v) is 14.6. The van der Waals surface area contributed by atoms with Gasteiger partial charge in [-0.25, -0.2) is 0 Å². The average Bonchev–Trinajstić information content (AvgIpc) is 2.63. The van der Waals surface area contributed by atoms with Crippen LogP contribution in [0.5, 0.6) is 11.5 Å². The average molecular weight is 352 g/mol. The normalized spacial score (nSPS) is 15.8. The highest BCUT2D eigenvalue weighted by Gasteiger charge is 2.23. The van der Waals surface area contributed by atoms with Crippen molar-refractivity contribution in [3.63, 3.8) is 0 Å². The zero-order valence-electron chi connectivity index (χ0n) is 14.6. The van der Waals surface area contributed by atoms with E-state index in [1.54, 1.807) is 31.2 Å². The number of carbonyl (C=O) groups excluding carboxylic acids is 2. The van der Waals surface area contributed by atoms with Crippen LogP contribution in [0.15, 0.2) is 48.5 Å². The van der Waals surface area contributed by atoms with Crippen LogP contribution in [0.1, 0.15) is 19.4 Å². The van der Waals surface area contributed by atoms with Gasteiger partial charge in [-0.05, 0) is 55.8 Å². The molecule has 0 saturated carbocycles. The van der Waals surface area contributed by atoms with E-state index in [2.05, 4.69) is 10.6 Å². The molecular weight excluding hydrogens is 332 g/mol. The van der Waals surface area contributed by atoms with E-state index in [0.29, 0.717) is 23.7 Å². The number of benzene rings is 2. The lowest BCUT2D eigenvalue weighted by atomic mass is 10.2. The molecule has 2 aromatic carbocycles. The van der Waals surface area contributed by atoms with E-state index in [-0.39, 0.29) is 11.8 Å². The first-order valence-corrected chi connectivity index (χ1v) is 8.38. The molecule has 3 rings (SSSR count). The maximum Gasteiger partial charge on any atom is 0.265 e. The van der Waals surface area contributed by atoms with Crippen molar-refractivity contribution >= 4 is 29.3 Å². The lowest BCUT2D eigenvalue weighted by Gasteiger charge is -2.23. The van der Waals surface area contributed by atoms with Crippen LogP contribution in [0.25, 0.3) is 6.08 Å². The third-order valence-electron chi connectivity index (χ3n) is 3.80. The molecule has 0 saturated heterocycles. The Hall–Kier alpha value is -3.28. The second-order valence-corrected chi connectivity index (χ2v) is 5.78. The second-order valence-electron chi connectivity index (χ2n) is 5.78. The molecule has 1 atom stereocenters. The predicted molar refractivity (Wildman–Crippen MR) is 100 cm³/mol. The fraction of sp³-hybridized carbons (Fsp3) is 0.200. The fourth-order valence-electron chi connectivity index (χ4n) is 2.48. The molecule has 2 aromatic rings. The van der Waals surface area contributed by atoms with Gasteiger partial charge in [0, 0.05) is 11.8 Å². The zero-order chi connectivity index (χ0) is 18.5. The Labute approximate surface area is 151 Å². The number of hydrogen-bond donors (Lipinski definition) is 2. The van der Waals surface area contributed by atoms with Gasteiger partial charge in [-0.15, -0.1) is 0 Å². The Kier molecular flexibility index (Phi) is 5.22. The third kappa shape index (κ3) is 4.22. The molecule has 1 heterocycles. The molecule has 0 bridgehead atoms. The molecule has 2 amide bonds. The van der Waals surface area contributed by atoms with Gasteiger partial charge < -0.3 is 20.1 Å². The number of nitrogens with one attached hydrogen (secondary N) is 2. The van der Waals surface area contributed by atoms with E-state index in [0.717, 1.165) is 11.3 Å². The molecular formula is C20H20N2O4. The highest BCUT2D eigenvalue weighted by atomic mass is 16.5. The largest absolute Gasteiger partial charge is 0.494 e. The van der Waals surface area contributed by atoms with Gasteiger partial charge in [0.2, 0.25) is 5.91 Å². The summed E-state index contributed by atoms with van der Waals surface area (Å²) in [6, 6.07) is 12.6. The van der Waals surface area contributed by atoms with Gasteiger partial charge in [0.25, 0.3) is 5.91 Å². The van der Waals surface area contributed by atoms with E-state index in [1.165, 1.54) is 6.08 Å². The van der Waals surface area contributed by atoms with Crippen LogP contribution in [0.4, 0.5) is 11.4 Å². The van der Waals surface area contributed by atoms with Crippen LogP contribution < -0.4 is 20.1 Å². The molecule has 0 radical (unpaired) electrons. The van der Waals surface area contributed by atoms with E-state index >= 15 is 0 Å². The van der Waals surface area contributed by atoms with Crippen molar-refractivity contribution in [1.29, 1.82) is 0 Å². The Balaban J connectivity index is 1.63. The summed E-state index contributed by atoms with van der Waals surface area (Å²) in [6.07, 6.45) is 2.64. The van der Waals surface area contributed by atoms with Crippen LogP contribution in [0, 0.1) is 0 Å². The number of ether oxygens (including phenoxy) is 2. The fourth-order valence-corrected chi connectivity index (χ4v) is 2.48. The number of fused-ring (bicyclic) bond motifs is 1. The quantitative estimate of drug-likeness (QED) is 0.808. The van der Waals surface area contributed by atoms with Crippen molar-refractivity contribution in [3.05, 3.63) is 54.1 Å². The molecule has 0 spiro atoms. The molecule has 6 nitrogen and oxygen atoms in total. The highest BCUT2D eigenvalue weighted by molar-refractivity contribution is 6.03. The van der Waals surface area contributed by atoms with Gasteiger partial charge in [-0.3, -0.25) is 9.59 Å². The molecule has 1 aliphatic heterocycles. The molecule has 1 unspecified atom stereocenters. The maximum absolute atomic E-state index is 12.1. The Morgan fingerprint density at radius 1 is 1.27 bits per heavy atom. The van der Waals surface area contributed by atoms with Crippen molar-refractivity contribution in [3.8, 4) is 11.5 Å². The number of rotatable bonds is 5. The van der Waals surface area contributed by atoms with Crippen LogP contribution in [-0.2, 0) is 9.59 Å². The number of carbonyl (C=O) groups is 2.